The molecule has 0 radical (unpaired) electrons. The number of halogens is 1. The summed E-state index contributed by atoms with van der Waals surface area (Å²) < 4.78 is 10.4. The van der Waals surface area contributed by atoms with Gasteiger partial charge in [-0.15, -0.1) is 5.10 Å². The van der Waals surface area contributed by atoms with E-state index in [1.807, 2.05) is 28.9 Å². The number of rotatable bonds is 8. The lowest BCUT2D eigenvalue weighted by Gasteiger charge is -2.23. The quantitative estimate of drug-likeness (QED) is 0.551. The Hall–Kier alpha value is -1.21. The fourth-order valence-electron chi connectivity index (χ4n) is 3.28. The third kappa shape index (κ3) is 4.94. The number of hydrogen-bond acceptors (Lipinski definition) is 3. The molecule has 1 aliphatic heterocycles. The number of nitrogens with one attached hydrogen (secondary N) is 1. The van der Waals surface area contributed by atoms with Crippen molar-refractivity contribution in [2.75, 3.05) is 26.3 Å². The predicted octanol–water partition coefficient (Wildman–Crippen LogP) is 3.19. The molecule has 1 aromatic heterocycles. The molecule has 3 rings (SSSR count). The van der Waals surface area contributed by atoms with Gasteiger partial charge in [0.25, 0.3) is 0 Å². The lowest BCUT2D eigenvalue weighted by molar-refractivity contribution is -0.930. The molecule has 1 fully saturated rings. The number of unbranched alkanes of at least 4 members (excludes halogenated alkanes) is 3. The lowest BCUT2D eigenvalue weighted by atomic mass is 10.2. The van der Waals surface area contributed by atoms with Gasteiger partial charge in [0, 0.05) is 17.1 Å². The van der Waals surface area contributed by atoms with Crippen LogP contribution in [-0.4, -0.2) is 40.7 Å². The summed E-state index contributed by atoms with van der Waals surface area (Å²) in [7, 11) is 0. The van der Waals surface area contributed by atoms with E-state index in [1.165, 1.54) is 24.2 Å². The first-order valence-electron chi connectivity index (χ1n) is 9.54. The highest BCUT2D eigenvalue weighted by Crippen LogP contribution is 2.21. The Kier molecular flexibility index (Phi) is 7.25. The van der Waals surface area contributed by atoms with Crippen molar-refractivity contribution < 1.29 is 9.64 Å². The molecule has 5 nitrogen and oxygen atoms in total. The van der Waals surface area contributed by atoms with Crippen LogP contribution in [0, 0.1) is 4.77 Å². The molecule has 7 heteroatoms. The summed E-state index contributed by atoms with van der Waals surface area (Å²) in [5, 5.41) is 5.61. The van der Waals surface area contributed by atoms with Gasteiger partial charge in [-0.2, -0.15) is 4.68 Å². The second kappa shape index (κ2) is 9.65. The summed E-state index contributed by atoms with van der Waals surface area (Å²) in [4.78, 5) is 1.46. The number of quaternary nitrogens is 1. The molecule has 142 valence electrons. The Balaban J connectivity index is 1.85. The van der Waals surface area contributed by atoms with Gasteiger partial charge in [-0.05, 0) is 42.9 Å². The maximum Gasteiger partial charge on any atom is 0.203 e. The van der Waals surface area contributed by atoms with Crippen molar-refractivity contribution in [2.45, 2.75) is 45.8 Å². The predicted molar refractivity (Wildman–Crippen MR) is 107 cm³/mol. The SMILES string of the molecule is CCCCCCn1c(-c2ccc(Cl)cc2)nn(C[NH+]2CCOCC2)c1=S. The van der Waals surface area contributed by atoms with E-state index in [2.05, 4.69) is 11.5 Å². The van der Waals surface area contributed by atoms with Crippen LogP contribution in [0.15, 0.2) is 24.3 Å². The Morgan fingerprint density at radius 3 is 2.58 bits per heavy atom. The summed E-state index contributed by atoms with van der Waals surface area (Å²) in [6.45, 7) is 7.56. The molecule has 1 aliphatic rings. The molecule has 0 aliphatic carbocycles. The minimum atomic E-state index is 0.735. The number of nitrogens with zero attached hydrogens (tertiary/aromatic N) is 3. The molecular formula is C19H28ClN4OS+. The highest BCUT2D eigenvalue weighted by atomic mass is 35.5. The Bertz CT molecular complexity index is 750. The molecule has 2 aromatic rings. The summed E-state index contributed by atoms with van der Waals surface area (Å²) in [6, 6.07) is 7.86. The smallest absolute Gasteiger partial charge is 0.203 e. The van der Waals surface area contributed by atoms with Crippen LogP contribution in [0.4, 0.5) is 0 Å². The molecular weight excluding hydrogens is 368 g/mol. The molecule has 0 unspecified atom stereocenters. The van der Waals surface area contributed by atoms with Crippen LogP contribution in [0.5, 0.6) is 0 Å². The monoisotopic (exact) mass is 395 g/mol. The van der Waals surface area contributed by atoms with Gasteiger partial charge in [0.15, 0.2) is 12.5 Å². The van der Waals surface area contributed by atoms with Crippen LogP contribution in [0.1, 0.15) is 32.6 Å². The minimum Gasteiger partial charge on any atom is -0.370 e. The van der Waals surface area contributed by atoms with Gasteiger partial charge < -0.3 is 9.64 Å². The summed E-state index contributed by atoms with van der Waals surface area (Å²) in [5.41, 5.74) is 1.06. The van der Waals surface area contributed by atoms with Crippen LogP contribution in [0.3, 0.4) is 0 Å². The van der Waals surface area contributed by atoms with Crippen molar-refractivity contribution >= 4 is 23.8 Å². The van der Waals surface area contributed by atoms with E-state index in [-0.39, 0.29) is 0 Å². The summed E-state index contributed by atoms with van der Waals surface area (Å²) in [6.07, 6.45) is 4.84. The van der Waals surface area contributed by atoms with E-state index in [0.29, 0.717) is 0 Å². The van der Waals surface area contributed by atoms with E-state index >= 15 is 0 Å². The Labute approximate surface area is 165 Å². The highest BCUT2D eigenvalue weighted by Gasteiger charge is 2.18. The average Bonchev–Trinajstić information content (AvgIpc) is 2.96. The summed E-state index contributed by atoms with van der Waals surface area (Å²) in [5.74, 6) is 0.941. The van der Waals surface area contributed by atoms with Gasteiger partial charge in [0.2, 0.25) is 4.77 Å². The molecule has 0 atom stereocenters. The molecule has 0 saturated carbocycles. The summed E-state index contributed by atoms with van der Waals surface area (Å²) >= 11 is 11.8. The fraction of sp³-hybridized carbons (Fsp3) is 0.579. The third-order valence-electron chi connectivity index (χ3n) is 4.83. The van der Waals surface area contributed by atoms with Gasteiger partial charge >= 0.3 is 0 Å². The largest absolute Gasteiger partial charge is 0.370 e. The van der Waals surface area contributed by atoms with Crippen LogP contribution in [0.2, 0.25) is 5.02 Å². The maximum absolute atomic E-state index is 6.05. The van der Waals surface area contributed by atoms with Gasteiger partial charge in [0.1, 0.15) is 13.1 Å². The number of hydrogen-bond donors (Lipinski definition) is 1. The molecule has 0 bridgehead atoms. The van der Waals surface area contributed by atoms with E-state index in [0.717, 1.165) is 67.1 Å². The fourth-order valence-corrected chi connectivity index (χ4v) is 3.69. The Morgan fingerprint density at radius 1 is 1.15 bits per heavy atom. The first-order chi connectivity index (χ1) is 12.7. The van der Waals surface area contributed by atoms with Crippen LogP contribution < -0.4 is 4.90 Å². The molecule has 0 amide bonds. The highest BCUT2D eigenvalue weighted by molar-refractivity contribution is 7.71. The second-order valence-corrected chi connectivity index (χ2v) is 7.65. The normalized spacial score (nSPS) is 15.5. The standard InChI is InChI=1S/C19H27ClN4OS/c1-2-3-4-5-10-23-18(16-6-8-17(20)9-7-16)21-24(19(23)26)15-22-11-13-25-14-12-22/h6-9H,2-5,10-15H2,1H3/p+1. The third-order valence-corrected chi connectivity index (χ3v) is 5.52. The van der Waals surface area contributed by atoms with Gasteiger partial charge in [-0.1, -0.05) is 37.8 Å². The lowest BCUT2D eigenvalue weighted by Crippen LogP contribution is -3.13. The average molecular weight is 396 g/mol. The molecule has 26 heavy (non-hydrogen) atoms. The van der Waals surface area contributed by atoms with Crippen LogP contribution >= 0.6 is 23.8 Å². The van der Waals surface area contributed by atoms with Crippen LogP contribution in [0.25, 0.3) is 11.4 Å². The number of morpholine rings is 1. The molecule has 1 N–H and O–H groups in total. The molecule has 2 heterocycles. The van der Waals surface area contributed by atoms with Crippen LogP contribution in [-0.2, 0) is 18.0 Å². The van der Waals surface area contributed by atoms with E-state index in [9.17, 15) is 0 Å². The van der Waals surface area contributed by atoms with Crippen molar-refractivity contribution in [3.05, 3.63) is 34.1 Å². The first-order valence-corrected chi connectivity index (χ1v) is 10.3. The van der Waals surface area contributed by atoms with Gasteiger partial charge in [-0.3, -0.25) is 4.57 Å². The van der Waals surface area contributed by atoms with Gasteiger partial charge in [-0.25, -0.2) is 0 Å². The van der Waals surface area contributed by atoms with E-state index in [1.54, 1.807) is 0 Å². The topological polar surface area (TPSA) is 36.4 Å². The molecule has 1 aromatic carbocycles. The second-order valence-electron chi connectivity index (χ2n) is 6.85. The zero-order valence-corrected chi connectivity index (χ0v) is 17.0. The minimum absolute atomic E-state index is 0.735. The van der Waals surface area contributed by atoms with Crippen molar-refractivity contribution in [1.82, 2.24) is 14.3 Å². The van der Waals surface area contributed by atoms with Crippen molar-refractivity contribution in [2.24, 2.45) is 0 Å². The molecule has 0 spiro atoms. The number of ether oxygens (including phenoxy) is 1. The van der Waals surface area contributed by atoms with Gasteiger partial charge in [0.05, 0.1) is 13.2 Å². The molecule has 1 saturated heterocycles. The maximum atomic E-state index is 6.05. The first kappa shape index (κ1) is 19.5. The van der Waals surface area contributed by atoms with E-state index < -0.39 is 0 Å². The zero-order chi connectivity index (χ0) is 18.4. The van der Waals surface area contributed by atoms with Crippen molar-refractivity contribution in [3.63, 3.8) is 0 Å². The van der Waals surface area contributed by atoms with Crippen molar-refractivity contribution in [1.29, 1.82) is 0 Å². The van der Waals surface area contributed by atoms with E-state index in [4.69, 9.17) is 33.7 Å². The van der Waals surface area contributed by atoms with Crippen molar-refractivity contribution in [3.8, 4) is 11.4 Å². The number of benzene rings is 1. The Morgan fingerprint density at radius 2 is 1.88 bits per heavy atom. The number of aromatic nitrogens is 3. The zero-order valence-electron chi connectivity index (χ0n) is 15.4.